The van der Waals surface area contributed by atoms with Gasteiger partial charge in [0.15, 0.2) is 0 Å². The van der Waals surface area contributed by atoms with Gasteiger partial charge in [-0.15, -0.1) is 0 Å². The largest absolute Gasteiger partial charge is 0.495 e. The molecule has 2 unspecified atom stereocenters. The van der Waals surface area contributed by atoms with Gasteiger partial charge in [-0.3, -0.25) is 13.9 Å². The Morgan fingerprint density at radius 3 is 2.18 bits per heavy atom. The van der Waals surface area contributed by atoms with Gasteiger partial charge in [0.2, 0.25) is 11.8 Å². The van der Waals surface area contributed by atoms with Gasteiger partial charge < -0.3 is 15.0 Å². The molecule has 208 valence electrons. The summed E-state index contributed by atoms with van der Waals surface area (Å²) >= 11 is 3.41. The van der Waals surface area contributed by atoms with Crippen molar-refractivity contribution in [1.29, 1.82) is 0 Å². The van der Waals surface area contributed by atoms with E-state index in [2.05, 4.69) is 21.2 Å². The van der Waals surface area contributed by atoms with Crippen molar-refractivity contribution in [1.82, 2.24) is 10.2 Å². The first kappa shape index (κ1) is 30.2. The van der Waals surface area contributed by atoms with E-state index in [0.29, 0.717) is 5.75 Å². The van der Waals surface area contributed by atoms with Crippen LogP contribution in [0, 0.1) is 0 Å². The van der Waals surface area contributed by atoms with Crippen molar-refractivity contribution in [2.24, 2.45) is 0 Å². The molecule has 0 saturated carbocycles. The summed E-state index contributed by atoms with van der Waals surface area (Å²) in [6, 6.07) is 21.0. The Bertz CT molecular complexity index is 1370. The number of halogens is 1. The first-order valence-electron chi connectivity index (χ1n) is 12.6. The van der Waals surface area contributed by atoms with Crippen LogP contribution in [0.1, 0.15) is 32.8 Å². The maximum absolute atomic E-state index is 14.0. The van der Waals surface area contributed by atoms with Gasteiger partial charge in [0, 0.05) is 17.1 Å². The van der Waals surface area contributed by atoms with Crippen LogP contribution in [-0.4, -0.2) is 50.9 Å². The number of carbonyl (C=O) groups is 2. The van der Waals surface area contributed by atoms with Crippen LogP contribution in [-0.2, 0) is 26.2 Å². The summed E-state index contributed by atoms with van der Waals surface area (Å²) < 4.78 is 35.1. The van der Waals surface area contributed by atoms with Crippen LogP contribution in [0.25, 0.3) is 0 Å². The van der Waals surface area contributed by atoms with Crippen molar-refractivity contribution in [2.75, 3.05) is 18.0 Å². The number of sulfonamides is 1. The molecule has 0 heterocycles. The molecule has 0 saturated heterocycles. The fraction of sp³-hybridized carbons (Fsp3) is 0.310. The van der Waals surface area contributed by atoms with E-state index in [-0.39, 0.29) is 29.1 Å². The average Bonchev–Trinajstić information content (AvgIpc) is 2.95. The van der Waals surface area contributed by atoms with Crippen LogP contribution >= 0.6 is 15.9 Å². The lowest BCUT2D eigenvalue weighted by Gasteiger charge is -2.32. The topological polar surface area (TPSA) is 96.0 Å². The predicted octanol–water partition coefficient (Wildman–Crippen LogP) is 4.99. The zero-order chi connectivity index (χ0) is 28.6. The quantitative estimate of drug-likeness (QED) is 0.310. The van der Waals surface area contributed by atoms with Crippen LogP contribution in [0.15, 0.2) is 88.2 Å². The number of nitrogens with zero attached hydrogens (tertiary/aromatic N) is 2. The number of anilines is 1. The third kappa shape index (κ3) is 7.60. The molecule has 0 spiro atoms. The maximum Gasteiger partial charge on any atom is 0.264 e. The molecule has 0 aliphatic rings. The van der Waals surface area contributed by atoms with Crippen LogP contribution in [0.2, 0.25) is 0 Å². The zero-order valence-electron chi connectivity index (χ0n) is 22.5. The molecule has 10 heteroatoms. The highest BCUT2D eigenvalue weighted by Crippen LogP contribution is 2.32. The molecule has 8 nitrogen and oxygen atoms in total. The molecule has 0 aliphatic carbocycles. The van der Waals surface area contributed by atoms with E-state index in [1.165, 1.54) is 24.1 Å². The van der Waals surface area contributed by atoms with Gasteiger partial charge in [0.25, 0.3) is 10.0 Å². The standard InChI is InChI=1S/C29H34BrN3O5S/c1-5-21(2)31-29(35)22(3)32(19-23-15-17-24(30)18-16-23)28(34)20-33(26-13-9-10-14-27(26)38-4)39(36,37)25-11-7-6-8-12-25/h6-18,21-22H,5,19-20H2,1-4H3,(H,31,35). The molecule has 1 N–H and O–H groups in total. The Morgan fingerprint density at radius 2 is 1.56 bits per heavy atom. The van der Waals surface area contributed by atoms with E-state index < -0.39 is 28.5 Å². The smallest absolute Gasteiger partial charge is 0.264 e. The molecule has 2 amide bonds. The summed E-state index contributed by atoms with van der Waals surface area (Å²) in [5.74, 6) is -0.550. The van der Waals surface area contributed by atoms with Crippen LogP contribution in [0.4, 0.5) is 5.69 Å². The summed E-state index contributed by atoms with van der Waals surface area (Å²) in [6.45, 7) is 5.08. The molecule has 0 radical (unpaired) electrons. The molecular formula is C29H34BrN3O5S. The number of nitrogens with one attached hydrogen (secondary N) is 1. The molecular weight excluding hydrogens is 582 g/mol. The molecule has 0 aromatic heterocycles. The summed E-state index contributed by atoms with van der Waals surface area (Å²) in [6.07, 6.45) is 0.732. The molecule has 3 aromatic rings. The van der Waals surface area contributed by atoms with Crippen molar-refractivity contribution in [3.63, 3.8) is 0 Å². The Kier molecular flexibility index (Phi) is 10.5. The Balaban J connectivity index is 2.04. The number of para-hydroxylation sites is 2. The maximum atomic E-state index is 14.0. The van der Waals surface area contributed by atoms with E-state index in [0.717, 1.165) is 20.8 Å². The van der Waals surface area contributed by atoms with Crippen LogP contribution in [0.5, 0.6) is 5.75 Å². The third-order valence-corrected chi connectivity index (χ3v) is 8.70. The monoisotopic (exact) mass is 615 g/mol. The SMILES string of the molecule is CCC(C)NC(=O)C(C)N(Cc1ccc(Br)cc1)C(=O)CN(c1ccccc1OC)S(=O)(=O)c1ccccc1. The minimum absolute atomic E-state index is 0.0331. The van der Waals surface area contributed by atoms with Gasteiger partial charge in [-0.25, -0.2) is 8.42 Å². The first-order chi connectivity index (χ1) is 18.6. The second-order valence-corrected chi connectivity index (χ2v) is 11.9. The van der Waals surface area contributed by atoms with Crippen molar-refractivity contribution >= 4 is 43.5 Å². The highest BCUT2D eigenvalue weighted by Gasteiger charge is 2.33. The van der Waals surface area contributed by atoms with Gasteiger partial charge >= 0.3 is 0 Å². The van der Waals surface area contributed by atoms with Gasteiger partial charge in [-0.2, -0.15) is 0 Å². The number of amides is 2. The highest BCUT2D eigenvalue weighted by atomic mass is 79.9. The molecule has 0 fully saturated rings. The van der Waals surface area contributed by atoms with Gasteiger partial charge in [0.1, 0.15) is 18.3 Å². The fourth-order valence-corrected chi connectivity index (χ4v) is 5.61. The lowest BCUT2D eigenvalue weighted by atomic mass is 10.1. The molecule has 0 bridgehead atoms. The summed E-state index contributed by atoms with van der Waals surface area (Å²) in [5.41, 5.74) is 1.02. The first-order valence-corrected chi connectivity index (χ1v) is 14.9. The highest BCUT2D eigenvalue weighted by molar-refractivity contribution is 9.10. The molecule has 0 aliphatic heterocycles. The second-order valence-electron chi connectivity index (χ2n) is 9.14. The minimum atomic E-state index is -4.16. The van der Waals surface area contributed by atoms with E-state index in [9.17, 15) is 18.0 Å². The van der Waals surface area contributed by atoms with E-state index in [1.807, 2.05) is 38.1 Å². The molecule has 39 heavy (non-hydrogen) atoms. The van der Waals surface area contributed by atoms with Gasteiger partial charge in [0.05, 0.1) is 17.7 Å². The Morgan fingerprint density at radius 1 is 0.949 bits per heavy atom. The minimum Gasteiger partial charge on any atom is -0.495 e. The molecule has 3 rings (SSSR count). The zero-order valence-corrected chi connectivity index (χ0v) is 24.9. The van der Waals surface area contributed by atoms with Crippen LogP contribution < -0.4 is 14.4 Å². The molecule has 2 atom stereocenters. The third-order valence-electron chi connectivity index (χ3n) is 6.40. The summed E-state index contributed by atoms with van der Waals surface area (Å²) in [4.78, 5) is 28.5. The number of carbonyl (C=O) groups excluding carboxylic acids is 2. The Hall–Kier alpha value is -3.37. The number of ether oxygens (including phenoxy) is 1. The van der Waals surface area contributed by atoms with Crippen molar-refractivity contribution in [3.05, 3.63) is 88.9 Å². The lowest BCUT2D eigenvalue weighted by molar-refractivity contribution is -0.139. The van der Waals surface area contributed by atoms with E-state index >= 15 is 0 Å². The van der Waals surface area contributed by atoms with Crippen molar-refractivity contribution in [2.45, 2.75) is 50.7 Å². The summed E-state index contributed by atoms with van der Waals surface area (Å²) in [5, 5.41) is 2.93. The predicted molar refractivity (Wildman–Crippen MR) is 156 cm³/mol. The van der Waals surface area contributed by atoms with Crippen molar-refractivity contribution < 1.29 is 22.7 Å². The van der Waals surface area contributed by atoms with E-state index in [4.69, 9.17) is 4.74 Å². The second kappa shape index (κ2) is 13.6. The van der Waals surface area contributed by atoms with Gasteiger partial charge in [-0.1, -0.05) is 65.3 Å². The normalized spacial score (nSPS) is 12.7. The summed E-state index contributed by atoms with van der Waals surface area (Å²) in [7, 11) is -2.72. The number of methoxy groups -OCH3 is 1. The number of benzene rings is 3. The fourth-order valence-electron chi connectivity index (χ4n) is 3.90. The van der Waals surface area contributed by atoms with Crippen molar-refractivity contribution in [3.8, 4) is 5.75 Å². The molecule has 3 aromatic carbocycles. The van der Waals surface area contributed by atoms with E-state index in [1.54, 1.807) is 49.4 Å². The lowest BCUT2D eigenvalue weighted by Crippen LogP contribution is -2.52. The average molecular weight is 617 g/mol. The Labute approximate surface area is 239 Å². The van der Waals surface area contributed by atoms with Crippen LogP contribution in [0.3, 0.4) is 0 Å². The number of hydrogen-bond acceptors (Lipinski definition) is 5. The number of hydrogen-bond donors (Lipinski definition) is 1. The number of rotatable bonds is 12. The van der Waals surface area contributed by atoms with Gasteiger partial charge in [-0.05, 0) is 62.2 Å².